The third-order valence-corrected chi connectivity index (χ3v) is 3.46. The van der Waals surface area contributed by atoms with Gasteiger partial charge in [0, 0.05) is 23.0 Å². The molecule has 1 atom stereocenters. The van der Waals surface area contributed by atoms with Crippen LogP contribution in [0.25, 0.3) is 11.0 Å². The molecule has 1 unspecified atom stereocenters. The second kappa shape index (κ2) is 5.54. The Hall–Kier alpha value is -2.01. The highest BCUT2D eigenvalue weighted by molar-refractivity contribution is 6.30. The highest BCUT2D eigenvalue weighted by Crippen LogP contribution is 2.27. The van der Waals surface area contributed by atoms with Gasteiger partial charge in [-0.25, -0.2) is 5.43 Å². The molecule has 0 aliphatic heterocycles. The minimum atomic E-state index is -0.160. The Labute approximate surface area is 121 Å². The van der Waals surface area contributed by atoms with Crippen LogP contribution in [0.15, 0.2) is 54.9 Å². The predicted molar refractivity (Wildman–Crippen MR) is 80.2 cm³/mol. The van der Waals surface area contributed by atoms with Crippen LogP contribution in [-0.4, -0.2) is 9.97 Å². The Kier molecular flexibility index (Phi) is 3.60. The molecule has 20 heavy (non-hydrogen) atoms. The van der Waals surface area contributed by atoms with Gasteiger partial charge in [0.2, 0.25) is 0 Å². The number of nitrogens with zero attached hydrogens (tertiary/aromatic N) is 2. The van der Waals surface area contributed by atoms with Gasteiger partial charge < -0.3 is 0 Å². The van der Waals surface area contributed by atoms with E-state index in [1.165, 1.54) is 0 Å². The molecule has 2 aromatic carbocycles. The van der Waals surface area contributed by atoms with E-state index in [1.54, 1.807) is 12.4 Å². The number of para-hydroxylation sites is 1. The average Bonchev–Trinajstić information content (AvgIpc) is 2.50. The number of rotatable bonds is 3. The monoisotopic (exact) mass is 284 g/mol. The summed E-state index contributed by atoms with van der Waals surface area (Å²) in [6.45, 7) is 0. The van der Waals surface area contributed by atoms with Crippen molar-refractivity contribution in [3.8, 4) is 0 Å². The maximum Gasteiger partial charge on any atom is 0.0938 e. The summed E-state index contributed by atoms with van der Waals surface area (Å²) in [5.74, 6) is 5.73. The number of nitrogens with one attached hydrogen (secondary N) is 1. The van der Waals surface area contributed by atoms with Crippen LogP contribution < -0.4 is 11.3 Å². The van der Waals surface area contributed by atoms with Gasteiger partial charge in [0.15, 0.2) is 0 Å². The van der Waals surface area contributed by atoms with Crippen molar-refractivity contribution in [1.82, 2.24) is 15.4 Å². The topological polar surface area (TPSA) is 63.8 Å². The summed E-state index contributed by atoms with van der Waals surface area (Å²) in [5, 5.41) is 0.697. The van der Waals surface area contributed by atoms with Gasteiger partial charge in [-0.3, -0.25) is 15.8 Å². The molecule has 0 aliphatic carbocycles. The number of hydrogen-bond donors (Lipinski definition) is 2. The fourth-order valence-electron chi connectivity index (χ4n) is 2.27. The molecule has 100 valence electrons. The van der Waals surface area contributed by atoms with Gasteiger partial charge in [0.25, 0.3) is 0 Å². The van der Waals surface area contributed by atoms with Gasteiger partial charge in [-0.15, -0.1) is 0 Å². The molecule has 3 aromatic rings. The van der Waals surface area contributed by atoms with Gasteiger partial charge in [0.05, 0.1) is 17.1 Å². The van der Waals surface area contributed by atoms with Crippen molar-refractivity contribution in [2.75, 3.05) is 0 Å². The summed E-state index contributed by atoms with van der Waals surface area (Å²) in [7, 11) is 0. The zero-order chi connectivity index (χ0) is 13.9. The normalized spacial score (nSPS) is 12.5. The van der Waals surface area contributed by atoms with Gasteiger partial charge in [-0.1, -0.05) is 35.9 Å². The first kappa shape index (κ1) is 13.0. The number of aromatic nitrogens is 2. The summed E-state index contributed by atoms with van der Waals surface area (Å²) in [5.41, 5.74) is 6.53. The second-order valence-electron chi connectivity index (χ2n) is 4.42. The van der Waals surface area contributed by atoms with E-state index in [0.29, 0.717) is 5.02 Å². The summed E-state index contributed by atoms with van der Waals surface area (Å²) in [6.07, 6.45) is 3.36. The van der Waals surface area contributed by atoms with E-state index in [4.69, 9.17) is 17.4 Å². The standard InChI is InChI=1S/C15H13ClN4/c16-11-6-4-10(5-7-11)14(20-17)12-2-1-3-13-15(12)19-9-8-18-13/h1-9,14,20H,17H2. The van der Waals surface area contributed by atoms with Crippen LogP contribution in [0.2, 0.25) is 5.02 Å². The molecule has 4 nitrogen and oxygen atoms in total. The smallest absolute Gasteiger partial charge is 0.0938 e. The van der Waals surface area contributed by atoms with Crippen molar-refractivity contribution in [3.63, 3.8) is 0 Å². The molecule has 0 bridgehead atoms. The van der Waals surface area contributed by atoms with E-state index < -0.39 is 0 Å². The number of halogens is 1. The molecule has 0 saturated carbocycles. The fourth-order valence-corrected chi connectivity index (χ4v) is 2.39. The Morgan fingerprint density at radius 1 is 1.00 bits per heavy atom. The van der Waals surface area contributed by atoms with Crippen LogP contribution in [0.5, 0.6) is 0 Å². The first-order chi connectivity index (χ1) is 9.79. The van der Waals surface area contributed by atoms with Crippen LogP contribution >= 0.6 is 11.6 Å². The summed E-state index contributed by atoms with van der Waals surface area (Å²) in [6, 6.07) is 13.3. The van der Waals surface area contributed by atoms with Crippen LogP contribution in [-0.2, 0) is 0 Å². The SMILES string of the molecule is NNC(c1ccc(Cl)cc1)c1cccc2nccnc12. The van der Waals surface area contributed by atoms with E-state index in [1.807, 2.05) is 42.5 Å². The maximum atomic E-state index is 5.93. The first-order valence-electron chi connectivity index (χ1n) is 6.21. The fraction of sp³-hybridized carbons (Fsp3) is 0.0667. The number of benzene rings is 2. The molecule has 0 spiro atoms. The third-order valence-electron chi connectivity index (χ3n) is 3.21. The Morgan fingerprint density at radius 2 is 1.75 bits per heavy atom. The van der Waals surface area contributed by atoms with E-state index >= 15 is 0 Å². The van der Waals surface area contributed by atoms with Gasteiger partial charge >= 0.3 is 0 Å². The molecular formula is C15H13ClN4. The Bertz CT molecular complexity index is 722. The Balaban J connectivity index is 2.14. The second-order valence-corrected chi connectivity index (χ2v) is 4.86. The predicted octanol–water partition coefficient (Wildman–Crippen LogP) is 2.84. The lowest BCUT2D eigenvalue weighted by Gasteiger charge is -2.18. The molecule has 0 aliphatic rings. The van der Waals surface area contributed by atoms with Crippen molar-refractivity contribution in [2.24, 2.45) is 5.84 Å². The summed E-state index contributed by atoms with van der Waals surface area (Å²) < 4.78 is 0. The molecule has 0 fully saturated rings. The molecule has 1 heterocycles. The summed E-state index contributed by atoms with van der Waals surface area (Å²) in [4.78, 5) is 8.72. The van der Waals surface area contributed by atoms with Gasteiger partial charge in [-0.2, -0.15) is 0 Å². The van der Waals surface area contributed by atoms with Crippen molar-refractivity contribution < 1.29 is 0 Å². The van der Waals surface area contributed by atoms with Crippen LogP contribution in [0.3, 0.4) is 0 Å². The van der Waals surface area contributed by atoms with E-state index in [0.717, 1.165) is 22.2 Å². The van der Waals surface area contributed by atoms with E-state index in [2.05, 4.69) is 15.4 Å². The zero-order valence-corrected chi connectivity index (χ0v) is 11.4. The Morgan fingerprint density at radius 3 is 2.50 bits per heavy atom. The minimum Gasteiger partial charge on any atom is -0.271 e. The molecule has 0 saturated heterocycles. The van der Waals surface area contributed by atoms with E-state index in [9.17, 15) is 0 Å². The lowest BCUT2D eigenvalue weighted by atomic mass is 9.98. The maximum absolute atomic E-state index is 5.93. The molecule has 0 radical (unpaired) electrons. The van der Waals surface area contributed by atoms with Gasteiger partial charge in [0.1, 0.15) is 0 Å². The molecule has 5 heteroatoms. The van der Waals surface area contributed by atoms with Crippen LogP contribution in [0, 0.1) is 0 Å². The highest BCUT2D eigenvalue weighted by Gasteiger charge is 2.16. The number of fused-ring (bicyclic) bond motifs is 1. The number of hydrogen-bond acceptors (Lipinski definition) is 4. The third kappa shape index (κ3) is 2.36. The lowest BCUT2D eigenvalue weighted by Crippen LogP contribution is -2.29. The lowest BCUT2D eigenvalue weighted by molar-refractivity contribution is 0.640. The zero-order valence-electron chi connectivity index (χ0n) is 10.6. The summed E-state index contributed by atoms with van der Waals surface area (Å²) >= 11 is 5.93. The van der Waals surface area contributed by atoms with Gasteiger partial charge in [-0.05, 0) is 23.8 Å². The minimum absolute atomic E-state index is 0.160. The molecule has 3 rings (SSSR count). The van der Waals surface area contributed by atoms with E-state index in [-0.39, 0.29) is 6.04 Å². The van der Waals surface area contributed by atoms with Crippen LogP contribution in [0.4, 0.5) is 0 Å². The number of nitrogens with two attached hydrogens (primary N) is 1. The molecular weight excluding hydrogens is 272 g/mol. The molecule has 3 N–H and O–H groups in total. The van der Waals surface area contributed by atoms with Crippen LogP contribution in [0.1, 0.15) is 17.2 Å². The molecule has 0 amide bonds. The first-order valence-corrected chi connectivity index (χ1v) is 6.58. The van der Waals surface area contributed by atoms with Crippen molar-refractivity contribution >= 4 is 22.6 Å². The average molecular weight is 285 g/mol. The largest absolute Gasteiger partial charge is 0.271 e. The van der Waals surface area contributed by atoms with Crippen molar-refractivity contribution in [2.45, 2.75) is 6.04 Å². The number of hydrazine groups is 1. The van der Waals surface area contributed by atoms with Crippen molar-refractivity contribution in [1.29, 1.82) is 0 Å². The quantitative estimate of drug-likeness (QED) is 0.573. The van der Waals surface area contributed by atoms with Crippen molar-refractivity contribution in [3.05, 3.63) is 71.0 Å². The molecule has 1 aromatic heterocycles. The highest BCUT2D eigenvalue weighted by atomic mass is 35.5.